The summed E-state index contributed by atoms with van der Waals surface area (Å²) in [5, 5.41) is 0. The van der Waals surface area contributed by atoms with Crippen LogP contribution in [-0.2, 0) is 6.61 Å². The molecule has 0 aliphatic carbocycles. The summed E-state index contributed by atoms with van der Waals surface area (Å²) in [7, 11) is 3.22. The van der Waals surface area contributed by atoms with Gasteiger partial charge in [-0.25, -0.2) is 0 Å². The maximum absolute atomic E-state index is 5.82. The van der Waals surface area contributed by atoms with Gasteiger partial charge in [-0.05, 0) is 45.8 Å². The zero-order valence-corrected chi connectivity index (χ0v) is 12.9. The molecule has 0 spiro atoms. The molecule has 0 saturated carbocycles. The lowest BCUT2D eigenvalue weighted by atomic mass is 10.2. The summed E-state index contributed by atoms with van der Waals surface area (Å²) in [6.45, 7) is 0.375. The van der Waals surface area contributed by atoms with Gasteiger partial charge in [0.05, 0.1) is 18.7 Å². The molecule has 2 aromatic carbocycles. The van der Waals surface area contributed by atoms with Gasteiger partial charge >= 0.3 is 0 Å². The molecule has 5 heteroatoms. The second kappa shape index (κ2) is 6.52. The van der Waals surface area contributed by atoms with Crippen LogP contribution in [0.15, 0.2) is 40.9 Å². The Morgan fingerprint density at radius 2 is 1.90 bits per heavy atom. The molecule has 106 valence electrons. The molecule has 0 radical (unpaired) electrons. The Labute approximate surface area is 126 Å². The summed E-state index contributed by atoms with van der Waals surface area (Å²) in [5.74, 6) is 2.05. The predicted octanol–water partition coefficient (Wildman–Crippen LogP) is 3.63. The predicted molar refractivity (Wildman–Crippen MR) is 82.4 cm³/mol. The third-order valence-corrected chi connectivity index (χ3v) is 3.38. The third kappa shape index (κ3) is 3.36. The molecule has 2 aromatic rings. The number of para-hydroxylation sites is 1. The number of hydrogen-bond acceptors (Lipinski definition) is 4. The van der Waals surface area contributed by atoms with Crippen molar-refractivity contribution in [3.05, 3.63) is 46.4 Å². The van der Waals surface area contributed by atoms with Crippen LogP contribution in [0.4, 0.5) is 5.69 Å². The highest BCUT2D eigenvalue weighted by molar-refractivity contribution is 9.10. The number of rotatable bonds is 5. The lowest BCUT2D eigenvalue weighted by Gasteiger charge is -2.13. The average molecular weight is 338 g/mol. The lowest BCUT2D eigenvalue weighted by molar-refractivity contribution is 0.282. The average Bonchev–Trinajstić information content (AvgIpc) is 2.45. The molecule has 0 aliphatic rings. The summed E-state index contributed by atoms with van der Waals surface area (Å²) in [6, 6.07) is 11.1. The number of anilines is 1. The van der Waals surface area contributed by atoms with E-state index in [1.807, 2.05) is 30.3 Å². The molecule has 0 saturated heterocycles. The topological polar surface area (TPSA) is 53.7 Å². The van der Waals surface area contributed by atoms with Gasteiger partial charge in [0.2, 0.25) is 0 Å². The van der Waals surface area contributed by atoms with E-state index in [4.69, 9.17) is 19.9 Å². The maximum atomic E-state index is 5.82. The summed E-state index contributed by atoms with van der Waals surface area (Å²) < 4.78 is 17.1. The largest absolute Gasteiger partial charge is 0.497 e. The van der Waals surface area contributed by atoms with Gasteiger partial charge in [0, 0.05) is 11.8 Å². The standard InChI is InChI=1S/C15H16BrNO3/c1-18-12-7-10(6-11(17)8-12)9-20-15-13(16)4-3-5-14(15)19-2/h3-8H,9,17H2,1-2H3. The molecular weight excluding hydrogens is 322 g/mol. The fourth-order valence-electron chi connectivity index (χ4n) is 1.83. The van der Waals surface area contributed by atoms with E-state index in [0.29, 0.717) is 29.5 Å². The Hall–Kier alpha value is -1.88. The first-order chi connectivity index (χ1) is 9.63. The SMILES string of the molecule is COc1cc(N)cc(COc2c(Br)cccc2OC)c1. The van der Waals surface area contributed by atoms with E-state index in [1.54, 1.807) is 20.3 Å². The van der Waals surface area contributed by atoms with Crippen LogP contribution in [0.2, 0.25) is 0 Å². The van der Waals surface area contributed by atoms with E-state index in [1.165, 1.54) is 0 Å². The molecule has 0 heterocycles. The first-order valence-electron chi connectivity index (χ1n) is 6.02. The molecule has 2 rings (SSSR count). The molecule has 0 amide bonds. The molecule has 0 fully saturated rings. The van der Waals surface area contributed by atoms with Crippen LogP contribution in [0.1, 0.15) is 5.56 Å². The van der Waals surface area contributed by atoms with Crippen LogP contribution in [0.25, 0.3) is 0 Å². The van der Waals surface area contributed by atoms with E-state index in [2.05, 4.69) is 15.9 Å². The quantitative estimate of drug-likeness (QED) is 0.846. The van der Waals surface area contributed by atoms with Crippen molar-refractivity contribution in [2.24, 2.45) is 0 Å². The van der Waals surface area contributed by atoms with E-state index < -0.39 is 0 Å². The Balaban J connectivity index is 2.19. The zero-order valence-electron chi connectivity index (χ0n) is 11.4. The highest BCUT2D eigenvalue weighted by Crippen LogP contribution is 2.35. The van der Waals surface area contributed by atoms with Crippen LogP contribution < -0.4 is 19.9 Å². The van der Waals surface area contributed by atoms with E-state index >= 15 is 0 Å². The minimum atomic E-state index is 0.375. The Kier molecular flexibility index (Phi) is 4.74. The minimum Gasteiger partial charge on any atom is -0.497 e. The Morgan fingerprint density at radius 1 is 1.10 bits per heavy atom. The summed E-state index contributed by atoms with van der Waals surface area (Å²) in [4.78, 5) is 0. The van der Waals surface area contributed by atoms with Crippen molar-refractivity contribution in [2.75, 3.05) is 20.0 Å². The Morgan fingerprint density at radius 3 is 2.60 bits per heavy atom. The minimum absolute atomic E-state index is 0.375. The smallest absolute Gasteiger partial charge is 0.175 e. The van der Waals surface area contributed by atoms with Gasteiger partial charge in [0.25, 0.3) is 0 Å². The first kappa shape index (κ1) is 14.5. The van der Waals surface area contributed by atoms with Crippen LogP contribution >= 0.6 is 15.9 Å². The molecule has 0 aliphatic heterocycles. The van der Waals surface area contributed by atoms with Crippen molar-refractivity contribution in [2.45, 2.75) is 6.61 Å². The fourth-order valence-corrected chi connectivity index (χ4v) is 2.30. The fraction of sp³-hybridized carbons (Fsp3) is 0.200. The highest BCUT2D eigenvalue weighted by atomic mass is 79.9. The number of halogens is 1. The van der Waals surface area contributed by atoms with Crippen molar-refractivity contribution in [1.29, 1.82) is 0 Å². The Bertz CT molecular complexity index is 602. The second-order valence-corrected chi connectivity index (χ2v) is 5.03. The van der Waals surface area contributed by atoms with Gasteiger partial charge in [0.1, 0.15) is 12.4 Å². The number of methoxy groups -OCH3 is 2. The lowest BCUT2D eigenvalue weighted by Crippen LogP contribution is -2.00. The van der Waals surface area contributed by atoms with Crippen molar-refractivity contribution < 1.29 is 14.2 Å². The molecule has 4 nitrogen and oxygen atoms in total. The summed E-state index contributed by atoms with van der Waals surface area (Å²) in [6.07, 6.45) is 0. The van der Waals surface area contributed by atoms with Gasteiger partial charge in [-0.1, -0.05) is 6.07 Å². The number of nitrogens with two attached hydrogens (primary N) is 1. The number of benzene rings is 2. The number of ether oxygens (including phenoxy) is 3. The van der Waals surface area contributed by atoms with Crippen LogP contribution in [0, 0.1) is 0 Å². The van der Waals surface area contributed by atoms with Crippen molar-refractivity contribution in [1.82, 2.24) is 0 Å². The van der Waals surface area contributed by atoms with Crippen molar-refractivity contribution in [3.8, 4) is 17.2 Å². The van der Waals surface area contributed by atoms with Gasteiger partial charge in [-0.3, -0.25) is 0 Å². The monoisotopic (exact) mass is 337 g/mol. The van der Waals surface area contributed by atoms with E-state index in [-0.39, 0.29) is 0 Å². The molecule has 0 aromatic heterocycles. The number of hydrogen-bond donors (Lipinski definition) is 1. The van der Waals surface area contributed by atoms with Gasteiger partial charge in [0.15, 0.2) is 11.5 Å². The van der Waals surface area contributed by atoms with E-state index in [9.17, 15) is 0 Å². The number of nitrogen functional groups attached to an aromatic ring is 1. The van der Waals surface area contributed by atoms with Crippen molar-refractivity contribution >= 4 is 21.6 Å². The van der Waals surface area contributed by atoms with Crippen molar-refractivity contribution in [3.63, 3.8) is 0 Å². The second-order valence-electron chi connectivity index (χ2n) is 4.17. The summed E-state index contributed by atoms with van der Waals surface area (Å²) in [5.41, 5.74) is 7.39. The van der Waals surface area contributed by atoms with Gasteiger partial charge in [-0.2, -0.15) is 0 Å². The molecule has 0 unspecified atom stereocenters. The molecule has 20 heavy (non-hydrogen) atoms. The molecular formula is C15H16BrNO3. The summed E-state index contributed by atoms with van der Waals surface area (Å²) >= 11 is 3.45. The normalized spacial score (nSPS) is 10.2. The third-order valence-electron chi connectivity index (χ3n) is 2.76. The zero-order chi connectivity index (χ0) is 14.5. The van der Waals surface area contributed by atoms with E-state index in [0.717, 1.165) is 10.0 Å². The molecule has 0 atom stereocenters. The van der Waals surface area contributed by atoms with Crippen LogP contribution in [0.5, 0.6) is 17.2 Å². The maximum Gasteiger partial charge on any atom is 0.175 e. The first-order valence-corrected chi connectivity index (χ1v) is 6.82. The highest BCUT2D eigenvalue weighted by Gasteiger charge is 2.09. The van der Waals surface area contributed by atoms with Gasteiger partial charge in [-0.15, -0.1) is 0 Å². The molecule has 2 N–H and O–H groups in total. The van der Waals surface area contributed by atoms with Gasteiger partial charge < -0.3 is 19.9 Å². The van der Waals surface area contributed by atoms with Crippen LogP contribution in [0.3, 0.4) is 0 Å². The van der Waals surface area contributed by atoms with Crippen LogP contribution in [-0.4, -0.2) is 14.2 Å². The molecule has 0 bridgehead atoms.